The summed E-state index contributed by atoms with van der Waals surface area (Å²) < 4.78 is 20.1. The molecule has 7 heteroatoms. The first kappa shape index (κ1) is 34.8. The van der Waals surface area contributed by atoms with Crippen LogP contribution >= 0.6 is 0 Å². The van der Waals surface area contributed by atoms with Gasteiger partial charge in [-0.2, -0.15) is 12.8 Å². The Morgan fingerprint density at radius 1 is 1.00 bits per heavy atom. The molecule has 5 nitrogen and oxygen atoms in total. The summed E-state index contributed by atoms with van der Waals surface area (Å²) in [5, 5.41) is 0. The molecule has 0 amide bonds. The van der Waals surface area contributed by atoms with Gasteiger partial charge in [0.25, 0.3) is 0 Å². The van der Waals surface area contributed by atoms with E-state index in [1.165, 1.54) is 12.1 Å². The van der Waals surface area contributed by atoms with Gasteiger partial charge in [-0.1, -0.05) is 38.5 Å². The van der Waals surface area contributed by atoms with Crippen LogP contribution in [0, 0.1) is 26.6 Å². The largest absolute Gasteiger partial charge is 1.00 e. The summed E-state index contributed by atoms with van der Waals surface area (Å²) in [7, 11) is 1.60. The van der Waals surface area contributed by atoms with Gasteiger partial charge in [-0.05, 0) is 55.5 Å². The Balaban J connectivity index is 0.000000769. The molecule has 0 fully saturated rings. The van der Waals surface area contributed by atoms with E-state index in [1.54, 1.807) is 30.0 Å². The van der Waals surface area contributed by atoms with Gasteiger partial charge < -0.3 is 27.9 Å². The third-order valence-corrected chi connectivity index (χ3v) is 4.29. The number of pyridine rings is 1. The molecule has 4 aromatic rings. The van der Waals surface area contributed by atoms with Crippen molar-refractivity contribution < 1.29 is 65.3 Å². The first-order chi connectivity index (χ1) is 17.4. The number of nitrogens with zero attached hydrogens (tertiary/aromatic N) is 3. The van der Waals surface area contributed by atoms with E-state index >= 15 is 0 Å². The third kappa shape index (κ3) is 13.3. The molecule has 0 saturated heterocycles. The number of carbonyl (C=O) groups excluding carboxylic acids is 1. The van der Waals surface area contributed by atoms with Crippen LogP contribution in [0.3, 0.4) is 0 Å². The summed E-state index contributed by atoms with van der Waals surface area (Å²) in [6, 6.07) is 19.4. The number of methoxy groups -OCH3 is 1. The Kier molecular flexibility index (Phi) is 19.6. The summed E-state index contributed by atoms with van der Waals surface area (Å²) in [5.41, 5.74) is 3.39. The second kappa shape index (κ2) is 20.8. The van der Waals surface area contributed by atoms with Gasteiger partial charge in [-0.3, -0.25) is 11.3 Å². The van der Waals surface area contributed by atoms with E-state index in [2.05, 4.69) is 23.8 Å². The monoisotopic (exact) mass is 527 g/mol. The van der Waals surface area contributed by atoms with Gasteiger partial charge in [0, 0.05) is 29.3 Å². The molecule has 0 radical (unpaired) electrons. The molecule has 2 aromatic carbocycles. The van der Waals surface area contributed by atoms with E-state index in [1.807, 2.05) is 75.7 Å². The molecule has 0 N–H and O–H groups in total. The summed E-state index contributed by atoms with van der Waals surface area (Å²) in [6.07, 6.45) is 7.52. The van der Waals surface area contributed by atoms with Crippen molar-refractivity contribution in [2.24, 2.45) is 0 Å². The number of hydrogen-bond donors (Lipinski definition) is 0. The van der Waals surface area contributed by atoms with Crippen molar-refractivity contribution >= 4 is 6.29 Å². The predicted molar refractivity (Wildman–Crippen MR) is 145 cm³/mol. The zero-order valence-corrected chi connectivity index (χ0v) is 25.7. The molecule has 0 spiro atoms. The fourth-order valence-corrected chi connectivity index (χ4v) is 2.80. The molecule has 192 valence electrons. The Labute approximate surface area is 263 Å². The average Bonchev–Trinajstić information content (AvgIpc) is 3.31. The number of rotatable bonds is 5. The Hall–Kier alpha value is -2.16. The van der Waals surface area contributed by atoms with E-state index in [0.717, 1.165) is 35.5 Å². The third-order valence-electron chi connectivity index (χ3n) is 4.29. The molecular weight excluding hydrogens is 492 g/mol. The van der Waals surface area contributed by atoms with Crippen LogP contribution in [0.1, 0.15) is 38.2 Å². The van der Waals surface area contributed by atoms with E-state index in [-0.39, 0.29) is 63.6 Å². The minimum Gasteiger partial charge on any atom is -0.541 e. The summed E-state index contributed by atoms with van der Waals surface area (Å²) in [6.45, 7) is 13.0. The van der Waals surface area contributed by atoms with Crippen LogP contribution < -0.4 is 56.1 Å². The fraction of sp³-hybridized carbons (Fsp3) is 0.233. The zero-order valence-electron chi connectivity index (χ0n) is 22.6. The number of hydrogen-bond acceptors (Lipinski definition) is 4. The second-order valence-electron chi connectivity index (χ2n) is 7.41. The molecule has 2 aromatic heterocycles. The molecule has 0 bridgehead atoms. The minimum atomic E-state index is -0.314. The van der Waals surface area contributed by atoms with Gasteiger partial charge in [0.05, 0.1) is 18.6 Å². The van der Waals surface area contributed by atoms with Gasteiger partial charge in [0.15, 0.2) is 0 Å². The van der Waals surface area contributed by atoms with Crippen molar-refractivity contribution in [1.82, 2.24) is 14.5 Å². The van der Waals surface area contributed by atoms with Crippen LogP contribution in [0.2, 0.25) is 0 Å². The molecule has 0 aliphatic carbocycles. The molecule has 0 unspecified atom stereocenters. The second-order valence-corrected chi connectivity index (χ2v) is 7.41. The predicted octanol–water partition coefficient (Wildman–Crippen LogP) is 4.19. The molecule has 0 aliphatic heterocycles. The van der Waals surface area contributed by atoms with Crippen molar-refractivity contribution in [3.05, 3.63) is 110 Å². The normalized spacial score (nSPS) is 9.16. The fourth-order valence-electron chi connectivity index (χ4n) is 2.80. The number of aromatic nitrogens is 3. The topological polar surface area (TPSA) is 57.0 Å². The molecule has 4 rings (SSSR count). The number of aryl methyl sites for hydroxylation is 1. The number of halogens is 1. The van der Waals surface area contributed by atoms with E-state index < -0.39 is 0 Å². The molecule has 0 atom stereocenters. The Bertz CT molecular complexity index is 1130. The molecular formula is C30H35FKN3O2-2. The van der Waals surface area contributed by atoms with Crippen molar-refractivity contribution in [2.45, 2.75) is 40.0 Å². The van der Waals surface area contributed by atoms with Crippen LogP contribution in [0.15, 0.2) is 79.1 Å². The van der Waals surface area contributed by atoms with Crippen LogP contribution in [0.5, 0.6) is 5.75 Å². The van der Waals surface area contributed by atoms with Crippen molar-refractivity contribution in [1.29, 1.82) is 0 Å². The maximum absolute atomic E-state index is 13.1. The Morgan fingerprint density at radius 3 is 2.14 bits per heavy atom. The first-order valence-corrected chi connectivity index (χ1v) is 11.7. The summed E-state index contributed by atoms with van der Waals surface area (Å²) in [4.78, 5) is 19.3. The quantitative estimate of drug-likeness (QED) is 0.289. The summed E-state index contributed by atoms with van der Waals surface area (Å²) in [5.74, 6) is 0.956. The smallest absolute Gasteiger partial charge is 0.541 e. The molecule has 0 saturated carbocycles. The first-order valence-electron chi connectivity index (χ1n) is 11.7. The number of ether oxygens (including phenoxy) is 1. The maximum atomic E-state index is 13.1. The van der Waals surface area contributed by atoms with Crippen LogP contribution in [0.4, 0.5) is 4.39 Å². The van der Waals surface area contributed by atoms with Crippen LogP contribution in [-0.4, -0.2) is 27.9 Å². The molecule has 37 heavy (non-hydrogen) atoms. The van der Waals surface area contributed by atoms with Gasteiger partial charge >= 0.3 is 51.4 Å². The van der Waals surface area contributed by atoms with Gasteiger partial charge in [0.1, 0.15) is 11.6 Å². The number of benzene rings is 2. The van der Waals surface area contributed by atoms with E-state index in [9.17, 15) is 9.18 Å². The average molecular weight is 528 g/mol. The van der Waals surface area contributed by atoms with E-state index in [4.69, 9.17) is 4.74 Å². The zero-order chi connectivity index (χ0) is 26.8. The SMILES string of the molecule is COc1cccc(-c2cn(-c3ccc(F)cc3)c(C[C-]=O)n2)c1.Cc1ccccn1.[CH2-]CC.[CH2-]CC.[K+]. The van der Waals surface area contributed by atoms with Gasteiger partial charge in [-0.25, -0.2) is 9.37 Å². The van der Waals surface area contributed by atoms with Crippen molar-refractivity contribution in [3.8, 4) is 22.7 Å². The standard InChI is InChI=1S/C18H14FN2O2.C6H7N.2C3H7.K/c1-23-16-4-2-3-13(11-16)17-12-21(18(20-17)9-10-22)15-7-5-14(19)6-8-15;1-6-4-2-3-5-7-6;2*1-3-2;/h2-8,11-12H,9H2,1H3;2-5H,1H3;2*1,3H2,2H3;/q-1;;2*-1;+1. The Morgan fingerprint density at radius 2 is 1.65 bits per heavy atom. The van der Waals surface area contributed by atoms with Crippen LogP contribution in [0.25, 0.3) is 16.9 Å². The van der Waals surface area contributed by atoms with Gasteiger partial charge in [-0.15, -0.1) is 0 Å². The minimum absolute atomic E-state index is 0. The maximum Gasteiger partial charge on any atom is 1.00 e. The summed E-state index contributed by atoms with van der Waals surface area (Å²) >= 11 is 0. The van der Waals surface area contributed by atoms with E-state index in [0.29, 0.717) is 11.5 Å². The van der Waals surface area contributed by atoms with Crippen LogP contribution in [-0.2, 0) is 11.2 Å². The van der Waals surface area contributed by atoms with Gasteiger partial charge in [0.2, 0.25) is 0 Å². The molecule has 0 aliphatic rings. The molecule has 2 heterocycles. The van der Waals surface area contributed by atoms with Crippen molar-refractivity contribution in [3.63, 3.8) is 0 Å². The number of imidazole rings is 1. The van der Waals surface area contributed by atoms with Crippen molar-refractivity contribution in [2.75, 3.05) is 7.11 Å².